The molecule has 0 radical (unpaired) electrons. The number of H-pyrrole nitrogens is 1. The molecule has 1 aromatic heterocycles. The lowest BCUT2D eigenvalue weighted by molar-refractivity contribution is -0.142. The summed E-state index contributed by atoms with van der Waals surface area (Å²) < 4.78 is 18.8. The maximum absolute atomic E-state index is 13.9. The molecule has 0 saturated heterocycles. The fraction of sp³-hybridized carbons (Fsp3) is 0.158. The minimum atomic E-state index is -0.397. The zero-order valence-electron chi connectivity index (χ0n) is 13.1. The second-order valence-corrected chi connectivity index (χ2v) is 5.39. The zero-order valence-corrected chi connectivity index (χ0v) is 13.1. The fourth-order valence-corrected chi connectivity index (χ4v) is 2.61. The average Bonchev–Trinajstić information content (AvgIpc) is 2.56. The van der Waals surface area contributed by atoms with Gasteiger partial charge in [0.1, 0.15) is 5.82 Å². The molecule has 0 amide bonds. The van der Waals surface area contributed by atoms with Crippen LogP contribution in [0.15, 0.2) is 53.3 Å². The van der Waals surface area contributed by atoms with Gasteiger partial charge in [-0.2, -0.15) is 0 Å². The van der Waals surface area contributed by atoms with Crippen molar-refractivity contribution in [1.29, 1.82) is 0 Å². The van der Waals surface area contributed by atoms with Gasteiger partial charge < -0.3 is 9.72 Å². The Hall–Kier alpha value is -2.95. The largest absolute Gasteiger partial charge is 0.466 e. The Labute approximate surface area is 137 Å². The molecule has 3 aromatic rings. The highest BCUT2D eigenvalue weighted by Gasteiger charge is 2.10. The molecule has 24 heavy (non-hydrogen) atoms. The van der Waals surface area contributed by atoms with E-state index in [1.165, 1.54) is 12.1 Å². The summed E-state index contributed by atoms with van der Waals surface area (Å²) in [5.74, 6) is -0.734. The first-order valence-electron chi connectivity index (χ1n) is 7.65. The summed E-state index contributed by atoms with van der Waals surface area (Å²) in [5.41, 5.74) is 1.82. The van der Waals surface area contributed by atoms with Crippen LogP contribution in [0, 0.1) is 5.82 Å². The highest BCUT2D eigenvalue weighted by atomic mass is 19.1. The minimum Gasteiger partial charge on any atom is -0.466 e. The smallest absolute Gasteiger partial charge is 0.310 e. The van der Waals surface area contributed by atoms with Crippen molar-refractivity contribution in [2.75, 3.05) is 6.61 Å². The number of aromatic nitrogens is 1. The van der Waals surface area contributed by atoms with E-state index in [1.807, 2.05) is 0 Å². The van der Waals surface area contributed by atoms with Crippen LogP contribution in [0.2, 0.25) is 0 Å². The number of carbonyl (C=O) groups excluding carboxylic acids is 1. The van der Waals surface area contributed by atoms with Crippen molar-refractivity contribution in [2.24, 2.45) is 0 Å². The van der Waals surface area contributed by atoms with Crippen LogP contribution in [0.4, 0.5) is 4.39 Å². The molecule has 0 spiro atoms. The van der Waals surface area contributed by atoms with Crippen LogP contribution in [-0.2, 0) is 16.0 Å². The molecule has 0 atom stereocenters. The van der Waals surface area contributed by atoms with Crippen LogP contribution in [0.5, 0.6) is 0 Å². The molecule has 0 fully saturated rings. The molecule has 5 heteroatoms. The number of hydrogen-bond acceptors (Lipinski definition) is 3. The quantitative estimate of drug-likeness (QED) is 0.748. The maximum atomic E-state index is 13.9. The van der Waals surface area contributed by atoms with Crippen LogP contribution in [0.25, 0.3) is 22.2 Å². The van der Waals surface area contributed by atoms with Crippen molar-refractivity contribution in [2.45, 2.75) is 13.3 Å². The normalized spacial score (nSPS) is 10.8. The summed E-state index contributed by atoms with van der Waals surface area (Å²) in [5, 5.41) is 0.455. The third kappa shape index (κ3) is 3.20. The number of carbonyl (C=O) groups is 1. The Balaban J connectivity index is 2.03. The van der Waals surface area contributed by atoms with Crippen LogP contribution in [0.1, 0.15) is 12.5 Å². The van der Waals surface area contributed by atoms with Gasteiger partial charge in [0.25, 0.3) is 0 Å². The lowest BCUT2D eigenvalue weighted by atomic mass is 10.1. The maximum Gasteiger partial charge on any atom is 0.310 e. The van der Waals surface area contributed by atoms with Gasteiger partial charge >= 0.3 is 5.97 Å². The number of pyridine rings is 1. The molecule has 0 aliphatic heterocycles. The topological polar surface area (TPSA) is 59.2 Å². The molecule has 1 N–H and O–H groups in total. The van der Waals surface area contributed by atoms with E-state index in [9.17, 15) is 14.0 Å². The van der Waals surface area contributed by atoms with Gasteiger partial charge in [0.05, 0.1) is 18.7 Å². The number of fused-ring (bicyclic) bond motifs is 1. The monoisotopic (exact) mass is 325 g/mol. The Morgan fingerprint density at radius 3 is 2.71 bits per heavy atom. The highest BCUT2D eigenvalue weighted by Crippen LogP contribution is 2.22. The van der Waals surface area contributed by atoms with E-state index in [-0.39, 0.29) is 17.8 Å². The van der Waals surface area contributed by atoms with Crippen LogP contribution >= 0.6 is 0 Å². The Morgan fingerprint density at radius 1 is 1.17 bits per heavy atom. The number of esters is 1. The average molecular weight is 325 g/mol. The molecular formula is C19H16FNO3. The molecule has 0 aliphatic rings. The van der Waals surface area contributed by atoms with E-state index >= 15 is 0 Å². The molecule has 0 bridgehead atoms. The van der Waals surface area contributed by atoms with E-state index in [4.69, 9.17) is 4.74 Å². The first kappa shape index (κ1) is 15.9. The lowest BCUT2D eigenvalue weighted by Crippen LogP contribution is -2.09. The number of rotatable bonds is 4. The number of aromatic amines is 1. The molecular weight excluding hydrogens is 309 g/mol. The minimum absolute atomic E-state index is 0.109. The van der Waals surface area contributed by atoms with E-state index in [0.29, 0.717) is 34.3 Å². The van der Waals surface area contributed by atoms with Gasteiger partial charge in [0, 0.05) is 22.5 Å². The molecule has 0 unspecified atom stereocenters. The fourth-order valence-electron chi connectivity index (χ4n) is 2.61. The number of halogens is 1. The predicted molar refractivity (Wildman–Crippen MR) is 90.3 cm³/mol. The Bertz CT molecular complexity index is 962. The molecule has 2 aromatic carbocycles. The first-order valence-corrected chi connectivity index (χ1v) is 7.65. The summed E-state index contributed by atoms with van der Waals surface area (Å²) in [7, 11) is 0. The summed E-state index contributed by atoms with van der Waals surface area (Å²) in [6, 6.07) is 12.8. The van der Waals surface area contributed by atoms with Crippen molar-refractivity contribution in [3.63, 3.8) is 0 Å². The van der Waals surface area contributed by atoms with Gasteiger partial charge in [-0.1, -0.05) is 18.2 Å². The van der Waals surface area contributed by atoms with Crippen molar-refractivity contribution in [3.05, 3.63) is 70.1 Å². The molecule has 4 nitrogen and oxygen atoms in total. The van der Waals surface area contributed by atoms with Gasteiger partial charge in [-0.05, 0) is 36.8 Å². The predicted octanol–water partition coefficient (Wildman–Crippen LogP) is 3.44. The standard InChI is InChI=1S/C19H16FNO3/c1-2-24-19(23)10-12-7-8-16-14(9-12)18(22)11-17(21-16)13-5-3-4-6-15(13)20/h3-9,11H,2,10H2,1H3,(H,21,22). The van der Waals surface area contributed by atoms with E-state index in [2.05, 4.69) is 4.98 Å². The molecule has 0 saturated carbocycles. The summed E-state index contributed by atoms with van der Waals surface area (Å²) in [4.78, 5) is 27.0. The van der Waals surface area contributed by atoms with E-state index < -0.39 is 5.82 Å². The van der Waals surface area contributed by atoms with Crippen molar-refractivity contribution < 1.29 is 13.9 Å². The number of benzene rings is 2. The van der Waals surface area contributed by atoms with Crippen molar-refractivity contribution in [3.8, 4) is 11.3 Å². The van der Waals surface area contributed by atoms with Crippen molar-refractivity contribution in [1.82, 2.24) is 4.98 Å². The van der Waals surface area contributed by atoms with Gasteiger partial charge in [0.2, 0.25) is 0 Å². The van der Waals surface area contributed by atoms with Crippen LogP contribution in [0.3, 0.4) is 0 Å². The number of hydrogen-bond donors (Lipinski definition) is 1. The summed E-state index contributed by atoms with van der Waals surface area (Å²) in [6.45, 7) is 2.06. The first-order chi connectivity index (χ1) is 11.6. The van der Waals surface area contributed by atoms with Crippen molar-refractivity contribution >= 4 is 16.9 Å². The molecule has 3 rings (SSSR count). The Morgan fingerprint density at radius 2 is 1.96 bits per heavy atom. The van der Waals surface area contributed by atoms with E-state index in [0.717, 1.165) is 0 Å². The highest BCUT2D eigenvalue weighted by molar-refractivity contribution is 5.83. The van der Waals surface area contributed by atoms with Crippen LogP contribution < -0.4 is 5.43 Å². The summed E-state index contributed by atoms with van der Waals surface area (Å²) >= 11 is 0. The second-order valence-electron chi connectivity index (χ2n) is 5.39. The third-order valence-electron chi connectivity index (χ3n) is 3.71. The second kappa shape index (κ2) is 6.66. The summed E-state index contributed by atoms with van der Waals surface area (Å²) in [6.07, 6.45) is 0.109. The van der Waals surface area contributed by atoms with Gasteiger partial charge in [-0.15, -0.1) is 0 Å². The van der Waals surface area contributed by atoms with Gasteiger partial charge in [0.15, 0.2) is 5.43 Å². The zero-order chi connectivity index (χ0) is 17.1. The van der Waals surface area contributed by atoms with Gasteiger partial charge in [-0.25, -0.2) is 4.39 Å². The molecule has 1 heterocycles. The number of nitrogens with one attached hydrogen (secondary N) is 1. The SMILES string of the molecule is CCOC(=O)Cc1ccc2[nH]c(-c3ccccc3F)cc(=O)c2c1. The third-order valence-corrected chi connectivity index (χ3v) is 3.71. The van der Waals surface area contributed by atoms with Gasteiger partial charge in [-0.3, -0.25) is 9.59 Å². The van der Waals surface area contributed by atoms with E-state index in [1.54, 1.807) is 43.3 Å². The Kier molecular flexibility index (Phi) is 4.42. The molecule has 122 valence electrons. The number of ether oxygens (including phenoxy) is 1. The lowest BCUT2D eigenvalue weighted by Gasteiger charge is -2.07. The molecule has 0 aliphatic carbocycles. The van der Waals surface area contributed by atoms with Crippen LogP contribution in [-0.4, -0.2) is 17.6 Å².